The van der Waals surface area contributed by atoms with E-state index in [9.17, 15) is 14.4 Å². The largest absolute Gasteiger partial charge is 0.379 e. The van der Waals surface area contributed by atoms with Gasteiger partial charge in [0.25, 0.3) is 17.4 Å². The Morgan fingerprint density at radius 1 is 0.946 bits per heavy atom. The molecule has 0 atom stereocenters. The summed E-state index contributed by atoms with van der Waals surface area (Å²) in [7, 11) is 1.57. The number of hydrogen-bond acceptors (Lipinski definition) is 5. The number of aromatic nitrogens is 1. The molecule has 0 radical (unpaired) electrons. The third kappa shape index (κ3) is 6.15. The number of nitrogens with zero attached hydrogens (tertiary/aromatic N) is 1. The molecule has 3 N–H and O–H groups in total. The molecule has 37 heavy (non-hydrogen) atoms. The van der Waals surface area contributed by atoms with Crippen LogP contribution >= 0.6 is 0 Å². The van der Waals surface area contributed by atoms with Crippen LogP contribution in [-0.4, -0.2) is 55.0 Å². The van der Waals surface area contributed by atoms with E-state index in [1.807, 2.05) is 38.1 Å². The monoisotopic (exact) mass is 502 g/mol. The second-order valence-corrected chi connectivity index (χ2v) is 9.49. The zero-order chi connectivity index (χ0) is 26.5. The highest BCUT2D eigenvalue weighted by atomic mass is 16.5. The Kier molecular flexibility index (Phi) is 8.21. The fraction of sp³-hybridized carbons (Fsp3) is 0.345. The van der Waals surface area contributed by atoms with Gasteiger partial charge in [0.1, 0.15) is 0 Å². The molecule has 1 saturated heterocycles. The van der Waals surface area contributed by atoms with Gasteiger partial charge in [-0.05, 0) is 66.8 Å². The molecule has 0 spiro atoms. The summed E-state index contributed by atoms with van der Waals surface area (Å²) < 4.78 is 5.43. The fourth-order valence-corrected chi connectivity index (χ4v) is 4.67. The number of nitrogens with one attached hydrogen (secondary N) is 3. The first-order chi connectivity index (χ1) is 17.8. The maximum absolute atomic E-state index is 13.3. The number of pyridine rings is 1. The molecule has 0 saturated carbocycles. The van der Waals surface area contributed by atoms with Crippen molar-refractivity contribution in [2.75, 3.05) is 33.4 Å². The van der Waals surface area contributed by atoms with E-state index in [1.165, 1.54) is 5.56 Å². The molecule has 1 aliphatic heterocycles. The number of carbonyl (C=O) groups excluding carboxylic acids is 2. The number of hydrogen-bond donors (Lipinski definition) is 3. The van der Waals surface area contributed by atoms with Gasteiger partial charge in [0, 0.05) is 55.6 Å². The van der Waals surface area contributed by atoms with E-state index in [-0.39, 0.29) is 23.9 Å². The average molecular weight is 503 g/mol. The molecule has 4 rings (SSSR count). The number of amides is 2. The van der Waals surface area contributed by atoms with Gasteiger partial charge in [-0.3, -0.25) is 19.3 Å². The van der Waals surface area contributed by atoms with Crippen molar-refractivity contribution in [3.63, 3.8) is 0 Å². The maximum atomic E-state index is 13.3. The number of H-pyrrole nitrogens is 1. The topological polar surface area (TPSA) is 104 Å². The van der Waals surface area contributed by atoms with Crippen LogP contribution in [0.2, 0.25) is 0 Å². The predicted octanol–water partition coefficient (Wildman–Crippen LogP) is 3.09. The Bertz CT molecular complexity index is 1360. The highest BCUT2D eigenvalue weighted by molar-refractivity contribution is 6.03. The van der Waals surface area contributed by atoms with E-state index in [0.29, 0.717) is 22.3 Å². The van der Waals surface area contributed by atoms with Gasteiger partial charge in [0.15, 0.2) is 0 Å². The van der Waals surface area contributed by atoms with Crippen molar-refractivity contribution < 1.29 is 14.3 Å². The fourth-order valence-electron chi connectivity index (χ4n) is 4.67. The van der Waals surface area contributed by atoms with E-state index >= 15 is 0 Å². The molecule has 1 fully saturated rings. The van der Waals surface area contributed by atoms with Gasteiger partial charge in [-0.15, -0.1) is 0 Å². The lowest BCUT2D eigenvalue weighted by molar-refractivity contribution is 0.0342. The van der Waals surface area contributed by atoms with Crippen LogP contribution in [0.5, 0.6) is 0 Å². The standard InChI is InChI=1S/C29H34N4O4/c1-18-13-19(2)32-29(36)26(18)16-31-28(35)25-15-23(14-24(20(25)3)27(34)30-4)22-7-5-21(6-8-22)17-33-9-11-37-12-10-33/h5-8,13-15H,9-12,16-17H2,1-4H3,(H,30,34)(H,31,35)(H,32,36). The molecule has 1 aliphatic rings. The van der Waals surface area contributed by atoms with E-state index in [4.69, 9.17) is 4.74 Å². The van der Waals surface area contributed by atoms with Crippen LogP contribution in [0, 0.1) is 20.8 Å². The van der Waals surface area contributed by atoms with Crippen molar-refractivity contribution in [3.05, 3.63) is 91.9 Å². The average Bonchev–Trinajstić information content (AvgIpc) is 2.88. The summed E-state index contributed by atoms with van der Waals surface area (Å²) in [6, 6.07) is 13.7. The Labute approximate surface area is 217 Å². The minimum atomic E-state index is -0.340. The lowest BCUT2D eigenvalue weighted by Gasteiger charge is -2.26. The highest BCUT2D eigenvalue weighted by Gasteiger charge is 2.19. The van der Waals surface area contributed by atoms with E-state index in [2.05, 4.69) is 32.7 Å². The quantitative estimate of drug-likeness (QED) is 0.461. The van der Waals surface area contributed by atoms with Gasteiger partial charge in [-0.1, -0.05) is 24.3 Å². The zero-order valence-electron chi connectivity index (χ0n) is 21.9. The van der Waals surface area contributed by atoms with Gasteiger partial charge in [0.05, 0.1) is 13.2 Å². The van der Waals surface area contributed by atoms with Gasteiger partial charge in [-0.2, -0.15) is 0 Å². The molecule has 2 aromatic carbocycles. The Morgan fingerprint density at radius 2 is 1.59 bits per heavy atom. The molecule has 0 bridgehead atoms. The molecule has 1 aromatic heterocycles. The first-order valence-corrected chi connectivity index (χ1v) is 12.5. The third-order valence-corrected chi connectivity index (χ3v) is 6.84. The number of rotatable bonds is 7. The second-order valence-electron chi connectivity index (χ2n) is 9.49. The molecule has 8 nitrogen and oxygen atoms in total. The van der Waals surface area contributed by atoms with Gasteiger partial charge in [-0.25, -0.2) is 0 Å². The summed E-state index contributed by atoms with van der Waals surface area (Å²) in [5.41, 5.74) is 6.18. The van der Waals surface area contributed by atoms with Crippen LogP contribution in [-0.2, 0) is 17.8 Å². The third-order valence-electron chi connectivity index (χ3n) is 6.84. The van der Waals surface area contributed by atoms with Crippen LogP contribution < -0.4 is 16.2 Å². The smallest absolute Gasteiger partial charge is 0.253 e. The van der Waals surface area contributed by atoms with Gasteiger partial charge < -0.3 is 20.4 Å². The number of aryl methyl sites for hydroxylation is 2. The Morgan fingerprint density at radius 3 is 2.22 bits per heavy atom. The van der Waals surface area contributed by atoms with Crippen LogP contribution in [0.3, 0.4) is 0 Å². The van der Waals surface area contributed by atoms with Crippen LogP contribution in [0.4, 0.5) is 0 Å². The normalized spacial score (nSPS) is 13.8. The Hall–Kier alpha value is -3.75. The highest BCUT2D eigenvalue weighted by Crippen LogP contribution is 2.27. The minimum absolute atomic E-state index is 0.0928. The summed E-state index contributed by atoms with van der Waals surface area (Å²) in [5.74, 6) is -0.601. The molecule has 2 heterocycles. The number of carbonyl (C=O) groups is 2. The lowest BCUT2D eigenvalue weighted by atomic mass is 9.93. The summed E-state index contributed by atoms with van der Waals surface area (Å²) >= 11 is 0. The second kappa shape index (κ2) is 11.5. The molecule has 3 aromatic rings. The molecule has 8 heteroatoms. The van der Waals surface area contributed by atoms with Crippen LogP contribution in [0.25, 0.3) is 11.1 Å². The number of morpholine rings is 1. The van der Waals surface area contributed by atoms with Crippen molar-refractivity contribution in [3.8, 4) is 11.1 Å². The summed E-state index contributed by atoms with van der Waals surface area (Å²) in [5, 5.41) is 5.54. The summed E-state index contributed by atoms with van der Waals surface area (Å²) in [6.07, 6.45) is 0. The number of ether oxygens (including phenoxy) is 1. The molecule has 0 unspecified atom stereocenters. The van der Waals surface area contributed by atoms with Crippen LogP contribution in [0.1, 0.15) is 48.7 Å². The first-order valence-electron chi connectivity index (χ1n) is 12.5. The number of benzene rings is 2. The minimum Gasteiger partial charge on any atom is -0.379 e. The molecule has 2 amide bonds. The van der Waals surface area contributed by atoms with Gasteiger partial charge >= 0.3 is 0 Å². The predicted molar refractivity (Wildman–Crippen MR) is 144 cm³/mol. The van der Waals surface area contributed by atoms with Crippen molar-refractivity contribution >= 4 is 11.8 Å². The van der Waals surface area contributed by atoms with E-state index in [0.717, 1.165) is 55.2 Å². The molecule has 0 aliphatic carbocycles. The first kappa shape index (κ1) is 26.3. The Balaban J connectivity index is 1.61. The zero-order valence-corrected chi connectivity index (χ0v) is 21.9. The molecular formula is C29H34N4O4. The molecular weight excluding hydrogens is 468 g/mol. The van der Waals surface area contributed by atoms with Crippen molar-refractivity contribution in [2.24, 2.45) is 0 Å². The van der Waals surface area contributed by atoms with E-state index < -0.39 is 0 Å². The van der Waals surface area contributed by atoms with Crippen molar-refractivity contribution in [1.29, 1.82) is 0 Å². The summed E-state index contributed by atoms with van der Waals surface area (Å²) in [4.78, 5) is 43.5. The van der Waals surface area contributed by atoms with Crippen LogP contribution in [0.15, 0.2) is 47.3 Å². The van der Waals surface area contributed by atoms with Crippen molar-refractivity contribution in [2.45, 2.75) is 33.9 Å². The molecule has 194 valence electrons. The lowest BCUT2D eigenvalue weighted by Crippen LogP contribution is -2.35. The van der Waals surface area contributed by atoms with Gasteiger partial charge in [0.2, 0.25) is 0 Å². The SMILES string of the molecule is CNC(=O)c1cc(-c2ccc(CN3CCOCC3)cc2)cc(C(=O)NCc2c(C)cc(C)[nH]c2=O)c1C. The van der Waals surface area contributed by atoms with Crippen molar-refractivity contribution in [1.82, 2.24) is 20.5 Å². The number of aromatic amines is 1. The maximum Gasteiger partial charge on any atom is 0.253 e. The van der Waals surface area contributed by atoms with E-state index in [1.54, 1.807) is 20.0 Å². The summed E-state index contributed by atoms with van der Waals surface area (Å²) in [6.45, 7) is 9.73.